The first-order valence-corrected chi connectivity index (χ1v) is 5.22. The zero-order valence-electron chi connectivity index (χ0n) is 9.87. The molecule has 0 unspecified atom stereocenters. The Labute approximate surface area is 95.8 Å². The number of amides is 1. The van der Waals surface area contributed by atoms with Crippen molar-refractivity contribution in [3.8, 4) is 5.75 Å². The highest BCUT2D eigenvalue weighted by Crippen LogP contribution is 2.17. The summed E-state index contributed by atoms with van der Waals surface area (Å²) in [6, 6.07) is 4.97. The van der Waals surface area contributed by atoms with Crippen LogP contribution >= 0.6 is 0 Å². The maximum atomic E-state index is 11.7. The number of carbonyl (C=O) groups is 1. The van der Waals surface area contributed by atoms with Gasteiger partial charge >= 0.3 is 0 Å². The van der Waals surface area contributed by atoms with E-state index in [0.717, 1.165) is 11.1 Å². The number of benzene rings is 1. The fourth-order valence-electron chi connectivity index (χ4n) is 1.27. The molecule has 0 heterocycles. The standard InChI is InChI=1S/C13H17NO2/c1-9(2)6-7-14-13(16)11-8-10(3)4-5-12(11)15/h4-6,8,15H,7H2,1-3H3,(H,14,16). The maximum Gasteiger partial charge on any atom is 0.255 e. The molecule has 0 aliphatic heterocycles. The number of hydrogen-bond donors (Lipinski definition) is 2. The molecule has 86 valence electrons. The summed E-state index contributed by atoms with van der Waals surface area (Å²) in [4.78, 5) is 11.7. The predicted molar refractivity (Wildman–Crippen MR) is 64.6 cm³/mol. The van der Waals surface area contributed by atoms with Crippen LogP contribution < -0.4 is 5.32 Å². The van der Waals surface area contributed by atoms with Gasteiger partial charge in [-0.15, -0.1) is 0 Å². The van der Waals surface area contributed by atoms with E-state index in [9.17, 15) is 9.90 Å². The van der Waals surface area contributed by atoms with E-state index in [1.165, 1.54) is 6.07 Å². The smallest absolute Gasteiger partial charge is 0.255 e. The van der Waals surface area contributed by atoms with E-state index in [4.69, 9.17) is 0 Å². The van der Waals surface area contributed by atoms with Crippen LogP contribution in [-0.2, 0) is 0 Å². The second kappa shape index (κ2) is 5.35. The Kier molecular flexibility index (Phi) is 4.11. The molecule has 1 aromatic carbocycles. The van der Waals surface area contributed by atoms with Crippen molar-refractivity contribution < 1.29 is 9.90 Å². The summed E-state index contributed by atoms with van der Waals surface area (Å²) in [6.07, 6.45) is 1.92. The molecule has 1 rings (SSSR count). The van der Waals surface area contributed by atoms with Gasteiger partial charge < -0.3 is 10.4 Å². The summed E-state index contributed by atoms with van der Waals surface area (Å²) in [5, 5.41) is 12.3. The van der Waals surface area contributed by atoms with Crippen LogP contribution in [0.3, 0.4) is 0 Å². The Morgan fingerprint density at radius 2 is 2.12 bits per heavy atom. The molecule has 0 spiro atoms. The number of nitrogens with one attached hydrogen (secondary N) is 1. The molecule has 2 N–H and O–H groups in total. The molecule has 0 aliphatic rings. The van der Waals surface area contributed by atoms with Crippen molar-refractivity contribution in [2.24, 2.45) is 0 Å². The minimum atomic E-state index is -0.251. The van der Waals surface area contributed by atoms with E-state index in [2.05, 4.69) is 5.32 Å². The molecule has 3 nitrogen and oxygen atoms in total. The highest BCUT2D eigenvalue weighted by molar-refractivity contribution is 5.97. The summed E-state index contributed by atoms with van der Waals surface area (Å²) < 4.78 is 0. The summed E-state index contributed by atoms with van der Waals surface area (Å²) in [6.45, 7) is 6.30. The minimum absolute atomic E-state index is 0.0142. The first-order chi connectivity index (χ1) is 7.50. The van der Waals surface area contributed by atoms with E-state index in [1.807, 2.05) is 26.8 Å². The number of aromatic hydroxyl groups is 1. The van der Waals surface area contributed by atoms with Crippen LogP contribution in [0.5, 0.6) is 5.75 Å². The third kappa shape index (κ3) is 3.42. The van der Waals surface area contributed by atoms with Crippen molar-refractivity contribution >= 4 is 5.91 Å². The molecular weight excluding hydrogens is 202 g/mol. The number of phenolic OH excluding ortho intramolecular Hbond substituents is 1. The Morgan fingerprint density at radius 1 is 1.44 bits per heavy atom. The Morgan fingerprint density at radius 3 is 2.75 bits per heavy atom. The zero-order valence-corrected chi connectivity index (χ0v) is 9.87. The summed E-state index contributed by atoms with van der Waals surface area (Å²) in [7, 11) is 0. The molecule has 3 heteroatoms. The van der Waals surface area contributed by atoms with Gasteiger partial charge in [-0.3, -0.25) is 4.79 Å². The zero-order chi connectivity index (χ0) is 12.1. The van der Waals surface area contributed by atoms with Crippen LogP contribution in [0.1, 0.15) is 29.8 Å². The fraction of sp³-hybridized carbons (Fsp3) is 0.308. The average Bonchev–Trinajstić information content (AvgIpc) is 2.21. The van der Waals surface area contributed by atoms with Crippen molar-refractivity contribution in [2.45, 2.75) is 20.8 Å². The Bertz CT molecular complexity index is 418. The number of rotatable bonds is 3. The van der Waals surface area contributed by atoms with Crippen molar-refractivity contribution in [2.75, 3.05) is 6.54 Å². The highest BCUT2D eigenvalue weighted by Gasteiger charge is 2.09. The molecule has 0 radical (unpaired) electrons. The average molecular weight is 219 g/mol. The van der Waals surface area contributed by atoms with Crippen LogP contribution in [0.4, 0.5) is 0 Å². The lowest BCUT2D eigenvalue weighted by atomic mass is 10.1. The number of phenols is 1. The first kappa shape index (κ1) is 12.3. The number of aryl methyl sites for hydroxylation is 1. The van der Waals surface area contributed by atoms with Gasteiger partial charge in [0.15, 0.2) is 0 Å². The van der Waals surface area contributed by atoms with Gasteiger partial charge in [-0.1, -0.05) is 23.3 Å². The second-order valence-corrected chi connectivity index (χ2v) is 4.01. The van der Waals surface area contributed by atoms with Crippen molar-refractivity contribution in [3.63, 3.8) is 0 Å². The molecule has 0 aliphatic carbocycles. The van der Waals surface area contributed by atoms with Crippen LogP contribution in [0.25, 0.3) is 0 Å². The molecule has 0 fully saturated rings. The topological polar surface area (TPSA) is 49.3 Å². The molecule has 0 bridgehead atoms. The Balaban J connectivity index is 2.73. The monoisotopic (exact) mass is 219 g/mol. The van der Waals surface area contributed by atoms with Gasteiger partial charge in [0.2, 0.25) is 0 Å². The summed E-state index contributed by atoms with van der Waals surface area (Å²) in [5.74, 6) is -0.237. The molecule has 1 amide bonds. The molecular formula is C13H17NO2. The number of allylic oxidation sites excluding steroid dienone is 1. The maximum absolute atomic E-state index is 11.7. The van der Waals surface area contributed by atoms with Gasteiger partial charge in [0.25, 0.3) is 5.91 Å². The quantitative estimate of drug-likeness (QED) is 0.767. The van der Waals surface area contributed by atoms with E-state index in [1.54, 1.807) is 12.1 Å². The van der Waals surface area contributed by atoms with E-state index >= 15 is 0 Å². The molecule has 0 aromatic heterocycles. The molecule has 0 atom stereocenters. The van der Waals surface area contributed by atoms with E-state index in [-0.39, 0.29) is 11.7 Å². The number of carbonyl (C=O) groups excluding carboxylic acids is 1. The van der Waals surface area contributed by atoms with Crippen molar-refractivity contribution in [3.05, 3.63) is 41.0 Å². The normalized spacial score (nSPS) is 9.69. The molecule has 16 heavy (non-hydrogen) atoms. The van der Waals surface area contributed by atoms with Crippen LogP contribution in [0.15, 0.2) is 29.8 Å². The van der Waals surface area contributed by atoms with Gasteiger partial charge in [-0.2, -0.15) is 0 Å². The van der Waals surface area contributed by atoms with Gasteiger partial charge in [0.1, 0.15) is 5.75 Å². The van der Waals surface area contributed by atoms with Gasteiger partial charge in [-0.25, -0.2) is 0 Å². The van der Waals surface area contributed by atoms with Gasteiger partial charge in [0, 0.05) is 6.54 Å². The minimum Gasteiger partial charge on any atom is -0.507 e. The number of hydrogen-bond acceptors (Lipinski definition) is 2. The first-order valence-electron chi connectivity index (χ1n) is 5.22. The van der Waals surface area contributed by atoms with Crippen LogP contribution in [-0.4, -0.2) is 17.6 Å². The fourth-order valence-corrected chi connectivity index (χ4v) is 1.27. The van der Waals surface area contributed by atoms with Crippen LogP contribution in [0.2, 0.25) is 0 Å². The molecule has 0 saturated carbocycles. The van der Waals surface area contributed by atoms with E-state index in [0.29, 0.717) is 12.1 Å². The second-order valence-electron chi connectivity index (χ2n) is 4.01. The lowest BCUT2D eigenvalue weighted by molar-refractivity contribution is 0.0955. The summed E-state index contributed by atoms with van der Waals surface area (Å²) in [5.41, 5.74) is 2.42. The van der Waals surface area contributed by atoms with Crippen molar-refractivity contribution in [1.82, 2.24) is 5.32 Å². The summed E-state index contributed by atoms with van der Waals surface area (Å²) >= 11 is 0. The van der Waals surface area contributed by atoms with Gasteiger partial charge in [0.05, 0.1) is 5.56 Å². The predicted octanol–water partition coefficient (Wildman–Crippen LogP) is 2.40. The Hall–Kier alpha value is -1.77. The third-order valence-electron chi connectivity index (χ3n) is 2.17. The van der Waals surface area contributed by atoms with Crippen molar-refractivity contribution in [1.29, 1.82) is 0 Å². The molecule has 0 saturated heterocycles. The van der Waals surface area contributed by atoms with Crippen LogP contribution in [0, 0.1) is 6.92 Å². The SMILES string of the molecule is CC(C)=CCNC(=O)c1cc(C)ccc1O. The van der Waals surface area contributed by atoms with Gasteiger partial charge in [-0.05, 0) is 32.9 Å². The largest absolute Gasteiger partial charge is 0.507 e. The van der Waals surface area contributed by atoms with E-state index < -0.39 is 0 Å². The highest BCUT2D eigenvalue weighted by atomic mass is 16.3. The molecule has 1 aromatic rings. The lowest BCUT2D eigenvalue weighted by Crippen LogP contribution is -2.23. The third-order valence-corrected chi connectivity index (χ3v) is 2.17. The lowest BCUT2D eigenvalue weighted by Gasteiger charge is -2.06.